The first-order valence-electron chi connectivity index (χ1n) is 18.5. The Bertz CT molecular complexity index is 1690. The molecule has 1 spiro atoms. The third kappa shape index (κ3) is 9.33. The highest BCUT2D eigenvalue weighted by atomic mass is 35.5. The molecule has 10 heteroatoms. The summed E-state index contributed by atoms with van der Waals surface area (Å²) >= 11 is 6.30. The molecule has 0 unspecified atom stereocenters. The van der Waals surface area contributed by atoms with Gasteiger partial charge < -0.3 is 24.2 Å². The van der Waals surface area contributed by atoms with Crippen molar-refractivity contribution in [1.29, 1.82) is 5.26 Å². The van der Waals surface area contributed by atoms with Crippen molar-refractivity contribution in [3.05, 3.63) is 82.1 Å². The number of halogens is 1. The van der Waals surface area contributed by atoms with Crippen LogP contribution < -0.4 is 9.64 Å². The molecule has 0 aliphatic carbocycles. The Morgan fingerprint density at radius 1 is 0.922 bits per heavy atom. The molecular weight excluding hydrogens is 660 g/mol. The molecule has 51 heavy (non-hydrogen) atoms. The van der Waals surface area contributed by atoms with Crippen molar-refractivity contribution < 1.29 is 14.3 Å². The molecule has 0 atom stereocenters. The van der Waals surface area contributed by atoms with Gasteiger partial charge in [-0.2, -0.15) is 5.26 Å². The van der Waals surface area contributed by atoms with Crippen LogP contribution in [0, 0.1) is 22.7 Å². The lowest BCUT2D eigenvalue weighted by atomic mass is 9.71. The van der Waals surface area contributed by atoms with E-state index in [1.165, 1.54) is 25.7 Å². The number of amides is 1. The topological polar surface area (TPSA) is 94.8 Å². The molecular formula is C41H53ClN6O3. The molecule has 9 nitrogen and oxygen atoms in total. The van der Waals surface area contributed by atoms with Crippen LogP contribution in [-0.2, 0) is 16.8 Å². The quantitative estimate of drug-likeness (QED) is 0.231. The number of nitrogens with zero attached hydrogens (tertiary/aromatic N) is 6. The molecule has 1 aromatic heterocycles. The number of carbonyl (C=O) groups excluding carboxylic acids is 1. The third-order valence-electron chi connectivity index (χ3n) is 11.2. The van der Waals surface area contributed by atoms with Crippen LogP contribution >= 0.6 is 11.6 Å². The van der Waals surface area contributed by atoms with E-state index in [4.69, 9.17) is 26.1 Å². The van der Waals surface area contributed by atoms with Crippen molar-refractivity contribution in [3.63, 3.8) is 0 Å². The zero-order valence-corrected chi connectivity index (χ0v) is 31.7. The fourth-order valence-corrected chi connectivity index (χ4v) is 8.04. The molecule has 3 saturated heterocycles. The van der Waals surface area contributed by atoms with Crippen LogP contribution in [0.2, 0.25) is 5.02 Å². The van der Waals surface area contributed by atoms with Gasteiger partial charge in [-0.05, 0) is 131 Å². The second-order valence-corrected chi connectivity index (χ2v) is 16.8. The molecule has 3 fully saturated rings. The van der Waals surface area contributed by atoms with Crippen molar-refractivity contribution in [2.45, 2.75) is 90.8 Å². The highest BCUT2D eigenvalue weighted by molar-refractivity contribution is 6.30. The number of anilines is 1. The van der Waals surface area contributed by atoms with Gasteiger partial charge in [0.15, 0.2) is 0 Å². The third-order valence-corrected chi connectivity index (χ3v) is 11.4. The van der Waals surface area contributed by atoms with Gasteiger partial charge in [0.25, 0.3) is 0 Å². The van der Waals surface area contributed by atoms with E-state index < -0.39 is 5.60 Å². The van der Waals surface area contributed by atoms with Crippen LogP contribution in [0.5, 0.6) is 5.75 Å². The Morgan fingerprint density at radius 2 is 1.59 bits per heavy atom. The minimum Gasteiger partial charge on any atom is -0.487 e. The number of likely N-dealkylation sites (tertiary alicyclic amines) is 2. The number of benzene rings is 2. The number of hydrogen-bond donors (Lipinski definition) is 0. The minimum atomic E-state index is -0.445. The van der Waals surface area contributed by atoms with Gasteiger partial charge in [-0.1, -0.05) is 37.6 Å². The van der Waals surface area contributed by atoms with Crippen LogP contribution in [0.15, 0.2) is 54.7 Å². The Balaban J connectivity index is 0.945. The Kier molecular flexibility index (Phi) is 11.1. The second kappa shape index (κ2) is 15.4. The van der Waals surface area contributed by atoms with Crippen molar-refractivity contribution >= 4 is 23.6 Å². The maximum absolute atomic E-state index is 12.5. The lowest BCUT2D eigenvalue weighted by Crippen LogP contribution is -2.49. The summed E-state index contributed by atoms with van der Waals surface area (Å²) < 4.78 is 11.7. The molecule has 4 heterocycles. The first-order valence-corrected chi connectivity index (χ1v) is 18.9. The van der Waals surface area contributed by atoms with E-state index in [0.29, 0.717) is 28.5 Å². The van der Waals surface area contributed by atoms with Gasteiger partial charge in [-0.15, -0.1) is 0 Å². The fraction of sp³-hybridized carbons (Fsp3) is 0.561. The number of piperidine rings is 3. The van der Waals surface area contributed by atoms with Crippen LogP contribution in [0.3, 0.4) is 0 Å². The molecule has 3 aliphatic heterocycles. The minimum absolute atomic E-state index is 0.173. The van der Waals surface area contributed by atoms with E-state index in [2.05, 4.69) is 46.8 Å². The zero-order valence-electron chi connectivity index (χ0n) is 31.0. The van der Waals surface area contributed by atoms with E-state index in [9.17, 15) is 10.1 Å². The number of nitriles is 1. The van der Waals surface area contributed by atoms with Crippen LogP contribution in [0.4, 0.5) is 10.7 Å². The van der Waals surface area contributed by atoms with Crippen molar-refractivity contribution in [3.8, 4) is 11.8 Å². The monoisotopic (exact) mass is 712 g/mol. The molecule has 3 aromatic rings. The first kappa shape index (κ1) is 36.9. The van der Waals surface area contributed by atoms with E-state index in [0.717, 1.165) is 87.2 Å². The maximum Gasteiger partial charge on any atom is 0.410 e. The fourth-order valence-electron chi connectivity index (χ4n) is 7.80. The van der Waals surface area contributed by atoms with Gasteiger partial charge >= 0.3 is 6.09 Å². The molecule has 0 N–H and O–H groups in total. The summed E-state index contributed by atoms with van der Waals surface area (Å²) in [5.41, 5.74) is 3.16. The lowest BCUT2D eigenvalue weighted by Gasteiger charge is -2.47. The predicted molar refractivity (Wildman–Crippen MR) is 201 cm³/mol. The molecule has 0 bridgehead atoms. The summed E-state index contributed by atoms with van der Waals surface area (Å²) in [5, 5.41) is 9.96. The van der Waals surface area contributed by atoms with E-state index in [1.54, 1.807) is 6.07 Å². The summed E-state index contributed by atoms with van der Waals surface area (Å²) in [7, 11) is 0. The summed E-state index contributed by atoms with van der Waals surface area (Å²) in [6, 6.07) is 17.7. The molecule has 272 valence electrons. The standard InChI is InChI=1S/C41H53ClN6O3/c1-39(2,3)51-38(49)48-18-11-30(12-19-48)28-46-20-13-41(14-21-46)15-22-47(23-16-41)37-44-17-10-35(45-37)29-50-36-8-6-32(7-9-36)40(4,5)33-24-31(27-43)25-34(42)26-33/h6-10,17,24-26,30H,11-16,18-23,28-29H2,1-5H3. The van der Waals surface area contributed by atoms with Crippen LogP contribution in [0.1, 0.15) is 95.5 Å². The summed E-state index contributed by atoms with van der Waals surface area (Å²) in [6.45, 7) is 17.4. The Morgan fingerprint density at radius 3 is 2.24 bits per heavy atom. The SMILES string of the molecule is CC(C)(C)OC(=O)N1CCC(CN2CCC3(CC2)CCN(c2nccc(COc4ccc(C(C)(C)c5cc(Cl)cc(C#N)c5)cc4)n2)CC3)CC1. The van der Waals surface area contributed by atoms with Crippen LogP contribution in [-0.4, -0.2) is 77.3 Å². The maximum atomic E-state index is 12.5. The average Bonchev–Trinajstić information content (AvgIpc) is 3.12. The number of hydrogen-bond acceptors (Lipinski definition) is 8. The largest absolute Gasteiger partial charge is 0.487 e. The molecule has 0 radical (unpaired) electrons. The Hall–Kier alpha value is -3.87. The summed E-state index contributed by atoms with van der Waals surface area (Å²) in [4.78, 5) is 28.9. The van der Waals surface area contributed by atoms with E-state index >= 15 is 0 Å². The number of carbonyl (C=O) groups is 1. The van der Waals surface area contributed by atoms with Gasteiger partial charge in [0.2, 0.25) is 5.95 Å². The number of aromatic nitrogens is 2. The van der Waals surface area contributed by atoms with Gasteiger partial charge in [0, 0.05) is 49.4 Å². The molecule has 1 amide bonds. The highest BCUT2D eigenvalue weighted by Crippen LogP contribution is 2.42. The normalized spacial score (nSPS) is 18.8. The zero-order chi connectivity index (χ0) is 36.2. The second-order valence-electron chi connectivity index (χ2n) is 16.3. The van der Waals surface area contributed by atoms with Gasteiger partial charge in [-0.25, -0.2) is 14.8 Å². The first-order chi connectivity index (χ1) is 24.3. The highest BCUT2D eigenvalue weighted by Gasteiger charge is 2.39. The predicted octanol–water partition coefficient (Wildman–Crippen LogP) is 8.24. The van der Waals surface area contributed by atoms with Crippen molar-refractivity contribution in [2.24, 2.45) is 11.3 Å². The van der Waals surface area contributed by atoms with Gasteiger partial charge in [0.05, 0.1) is 17.3 Å². The smallest absolute Gasteiger partial charge is 0.410 e. The molecule has 0 saturated carbocycles. The van der Waals surface area contributed by atoms with Crippen molar-refractivity contribution in [1.82, 2.24) is 19.8 Å². The molecule has 2 aromatic carbocycles. The summed E-state index contributed by atoms with van der Waals surface area (Å²) in [6.07, 6.45) is 8.64. The van der Waals surface area contributed by atoms with Gasteiger partial charge in [0.1, 0.15) is 18.0 Å². The number of ether oxygens (including phenoxy) is 2. The lowest BCUT2D eigenvalue weighted by molar-refractivity contribution is 0.0146. The summed E-state index contributed by atoms with van der Waals surface area (Å²) in [5.74, 6) is 2.21. The average molecular weight is 713 g/mol. The molecule has 3 aliphatic rings. The number of rotatable bonds is 8. The van der Waals surface area contributed by atoms with Gasteiger partial charge in [-0.3, -0.25) is 0 Å². The van der Waals surface area contributed by atoms with Crippen molar-refractivity contribution in [2.75, 3.05) is 50.7 Å². The van der Waals surface area contributed by atoms with Crippen LogP contribution in [0.25, 0.3) is 0 Å². The Labute approximate surface area is 308 Å². The molecule has 6 rings (SSSR count). The van der Waals surface area contributed by atoms with E-state index in [1.807, 2.05) is 62.2 Å². The van der Waals surface area contributed by atoms with E-state index in [-0.39, 0.29) is 11.5 Å².